The van der Waals surface area contributed by atoms with Crippen LogP contribution in [-0.2, 0) is 6.61 Å². The number of rotatable bonds is 7. The molecule has 4 nitrogen and oxygen atoms in total. The molecule has 0 bridgehead atoms. The van der Waals surface area contributed by atoms with Crippen molar-refractivity contribution >= 4 is 46.1 Å². The third-order valence-electron chi connectivity index (χ3n) is 3.76. The van der Waals surface area contributed by atoms with E-state index in [-0.39, 0.29) is 23.3 Å². The maximum atomic E-state index is 12.4. The lowest BCUT2D eigenvalue weighted by atomic mass is 10.2. The molecular weight excluding hydrogens is 443 g/mol. The topological polar surface area (TPSA) is 47.6 Å². The Morgan fingerprint density at radius 3 is 2.62 bits per heavy atom. The van der Waals surface area contributed by atoms with Crippen LogP contribution in [-0.4, -0.2) is 12.5 Å². The minimum Gasteiger partial charge on any atom is -0.487 e. The van der Waals surface area contributed by atoms with E-state index >= 15 is 0 Å². The predicted octanol–water partition coefficient (Wildman–Crippen LogP) is 6.80. The molecule has 9 heteroatoms. The zero-order chi connectivity index (χ0) is 21.0. The Morgan fingerprint density at radius 1 is 1.10 bits per heavy atom. The molecule has 0 saturated heterocycles. The molecule has 0 radical (unpaired) electrons. The van der Waals surface area contributed by atoms with Crippen LogP contribution in [0, 0.1) is 6.92 Å². The second-order valence-electron chi connectivity index (χ2n) is 6.02. The van der Waals surface area contributed by atoms with Gasteiger partial charge in [0.25, 0.3) is 5.91 Å². The number of carbonyl (C=O) groups excluding carboxylic acids is 1. The molecule has 1 heterocycles. The minimum atomic E-state index is -2.98. The molecule has 0 aliphatic carbocycles. The molecule has 29 heavy (non-hydrogen) atoms. The summed E-state index contributed by atoms with van der Waals surface area (Å²) in [6, 6.07) is 11.2. The van der Waals surface area contributed by atoms with E-state index in [1.165, 1.54) is 29.5 Å². The Kier molecular flexibility index (Phi) is 6.95. The first-order valence-electron chi connectivity index (χ1n) is 8.34. The summed E-state index contributed by atoms with van der Waals surface area (Å²) >= 11 is 13.3. The molecular formula is C20H15Cl2F2NO3S. The van der Waals surface area contributed by atoms with Gasteiger partial charge in [-0.15, -0.1) is 11.3 Å². The van der Waals surface area contributed by atoms with Crippen molar-refractivity contribution in [3.8, 4) is 11.5 Å². The largest absolute Gasteiger partial charge is 0.487 e. The molecule has 0 atom stereocenters. The van der Waals surface area contributed by atoms with Crippen LogP contribution in [0.2, 0.25) is 10.0 Å². The second-order valence-corrected chi connectivity index (χ2v) is 7.75. The average molecular weight is 458 g/mol. The monoisotopic (exact) mass is 457 g/mol. The van der Waals surface area contributed by atoms with Gasteiger partial charge in [-0.1, -0.05) is 29.3 Å². The number of halogens is 4. The van der Waals surface area contributed by atoms with E-state index in [0.29, 0.717) is 21.3 Å². The van der Waals surface area contributed by atoms with Crippen molar-refractivity contribution < 1.29 is 23.0 Å². The lowest BCUT2D eigenvalue weighted by molar-refractivity contribution is -0.0497. The number of hydrogen-bond donors (Lipinski definition) is 1. The molecule has 0 aliphatic heterocycles. The number of anilines is 1. The van der Waals surface area contributed by atoms with Crippen LogP contribution in [0.25, 0.3) is 0 Å². The number of benzene rings is 2. The Labute approximate surface area is 180 Å². The Bertz CT molecular complexity index is 1030. The molecule has 2 aromatic carbocycles. The molecule has 0 fully saturated rings. The zero-order valence-corrected chi connectivity index (χ0v) is 17.4. The summed E-state index contributed by atoms with van der Waals surface area (Å²) in [4.78, 5) is 12.9. The fourth-order valence-corrected chi connectivity index (χ4v) is 3.60. The van der Waals surface area contributed by atoms with E-state index < -0.39 is 6.61 Å². The fraction of sp³-hybridized carbons (Fsp3) is 0.150. The van der Waals surface area contributed by atoms with Crippen molar-refractivity contribution in [2.24, 2.45) is 0 Å². The summed E-state index contributed by atoms with van der Waals surface area (Å²) in [5.41, 5.74) is 2.20. The number of ether oxygens (including phenoxy) is 2. The van der Waals surface area contributed by atoms with E-state index in [9.17, 15) is 13.6 Å². The minimum absolute atomic E-state index is 0.0293. The first kappa shape index (κ1) is 21.4. The van der Waals surface area contributed by atoms with Crippen LogP contribution in [0.15, 0.2) is 47.8 Å². The lowest BCUT2D eigenvalue weighted by Crippen LogP contribution is -2.10. The third kappa shape index (κ3) is 5.82. The molecule has 0 unspecified atom stereocenters. The predicted molar refractivity (Wildman–Crippen MR) is 111 cm³/mol. The number of nitrogens with one attached hydrogen (secondary N) is 1. The molecule has 3 rings (SSSR count). The Balaban J connectivity index is 1.62. The van der Waals surface area contributed by atoms with Crippen molar-refractivity contribution in [2.75, 3.05) is 5.32 Å². The van der Waals surface area contributed by atoms with Crippen LogP contribution in [0.1, 0.15) is 20.8 Å². The van der Waals surface area contributed by atoms with Gasteiger partial charge >= 0.3 is 6.61 Å². The summed E-state index contributed by atoms with van der Waals surface area (Å²) in [5, 5.41) is 4.96. The number of hydrogen-bond acceptors (Lipinski definition) is 4. The van der Waals surface area contributed by atoms with Gasteiger partial charge in [0.2, 0.25) is 0 Å². The van der Waals surface area contributed by atoms with E-state index in [4.69, 9.17) is 27.9 Å². The highest BCUT2D eigenvalue weighted by molar-refractivity contribution is 7.12. The van der Waals surface area contributed by atoms with Crippen LogP contribution in [0.4, 0.5) is 14.5 Å². The van der Waals surface area contributed by atoms with Crippen molar-refractivity contribution in [3.05, 3.63) is 73.9 Å². The standard InChI is InChI=1S/C20H15Cl2F2NO3S/c1-11-2-4-14(21)17(6-11)27-9-12-7-18(29-10-12)19(26)25-13-3-5-16(15(22)8-13)28-20(23)24/h2-8,10,20H,9H2,1H3,(H,25,26). The smallest absolute Gasteiger partial charge is 0.387 e. The third-order valence-corrected chi connectivity index (χ3v) is 5.35. The zero-order valence-electron chi connectivity index (χ0n) is 15.0. The highest BCUT2D eigenvalue weighted by Crippen LogP contribution is 2.30. The maximum absolute atomic E-state index is 12.4. The average Bonchev–Trinajstić information content (AvgIpc) is 3.13. The van der Waals surface area contributed by atoms with Gasteiger partial charge < -0.3 is 14.8 Å². The molecule has 0 aliphatic rings. The quantitative estimate of drug-likeness (QED) is 0.424. The van der Waals surface area contributed by atoms with Crippen LogP contribution in [0.3, 0.4) is 0 Å². The molecule has 0 spiro atoms. The van der Waals surface area contributed by atoms with Gasteiger partial charge in [-0.2, -0.15) is 8.78 Å². The van der Waals surface area contributed by atoms with E-state index in [2.05, 4.69) is 10.1 Å². The van der Waals surface area contributed by atoms with Crippen LogP contribution < -0.4 is 14.8 Å². The van der Waals surface area contributed by atoms with Crippen molar-refractivity contribution in [1.82, 2.24) is 0 Å². The molecule has 1 amide bonds. The van der Waals surface area contributed by atoms with Gasteiger partial charge in [0.1, 0.15) is 18.1 Å². The van der Waals surface area contributed by atoms with E-state index in [0.717, 1.165) is 11.1 Å². The molecule has 152 valence electrons. The summed E-state index contributed by atoms with van der Waals surface area (Å²) in [7, 11) is 0. The second kappa shape index (κ2) is 9.43. The Hall–Kier alpha value is -2.35. The maximum Gasteiger partial charge on any atom is 0.387 e. The normalized spacial score (nSPS) is 10.8. The number of thiophene rings is 1. The lowest BCUT2D eigenvalue weighted by Gasteiger charge is -2.09. The summed E-state index contributed by atoms with van der Waals surface area (Å²) < 4.78 is 34.6. The summed E-state index contributed by atoms with van der Waals surface area (Å²) in [6.07, 6.45) is 0. The number of amides is 1. The number of alkyl halides is 2. The number of aryl methyl sites for hydroxylation is 1. The van der Waals surface area contributed by atoms with Gasteiger partial charge in [0, 0.05) is 11.3 Å². The fourth-order valence-electron chi connectivity index (χ4n) is 2.42. The first-order chi connectivity index (χ1) is 13.8. The van der Waals surface area contributed by atoms with E-state index in [1.54, 1.807) is 12.1 Å². The van der Waals surface area contributed by atoms with Gasteiger partial charge in [-0.3, -0.25) is 4.79 Å². The van der Waals surface area contributed by atoms with Crippen molar-refractivity contribution in [3.63, 3.8) is 0 Å². The van der Waals surface area contributed by atoms with Crippen LogP contribution >= 0.6 is 34.5 Å². The van der Waals surface area contributed by atoms with Gasteiger partial charge in [-0.25, -0.2) is 0 Å². The van der Waals surface area contributed by atoms with Crippen molar-refractivity contribution in [2.45, 2.75) is 20.1 Å². The van der Waals surface area contributed by atoms with Crippen molar-refractivity contribution in [1.29, 1.82) is 0 Å². The summed E-state index contributed by atoms with van der Waals surface area (Å²) in [5.74, 6) is 0.0584. The molecule has 0 saturated carbocycles. The van der Waals surface area contributed by atoms with E-state index in [1.807, 2.05) is 24.4 Å². The highest BCUT2D eigenvalue weighted by atomic mass is 35.5. The number of carbonyl (C=O) groups is 1. The molecule has 1 aromatic heterocycles. The molecule has 1 N–H and O–H groups in total. The SMILES string of the molecule is Cc1ccc(Cl)c(OCc2csc(C(=O)Nc3ccc(OC(F)F)c(Cl)c3)c2)c1. The van der Waals surface area contributed by atoms with Crippen LogP contribution in [0.5, 0.6) is 11.5 Å². The molecule has 3 aromatic rings. The van der Waals surface area contributed by atoms with Gasteiger partial charge in [0.15, 0.2) is 0 Å². The highest BCUT2D eigenvalue weighted by Gasteiger charge is 2.13. The Morgan fingerprint density at radius 2 is 1.90 bits per heavy atom. The van der Waals surface area contributed by atoms with Gasteiger partial charge in [-0.05, 0) is 54.3 Å². The summed E-state index contributed by atoms with van der Waals surface area (Å²) in [6.45, 7) is -0.776. The first-order valence-corrected chi connectivity index (χ1v) is 9.97. The van der Waals surface area contributed by atoms with Gasteiger partial charge in [0.05, 0.1) is 14.9 Å².